The van der Waals surface area contributed by atoms with Crippen LogP contribution in [0, 0.1) is 5.92 Å². The molecule has 2 fully saturated rings. The summed E-state index contributed by atoms with van der Waals surface area (Å²) in [6.07, 6.45) is 6.87. The Morgan fingerprint density at radius 3 is 2.67 bits per heavy atom. The minimum absolute atomic E-state index is 0.142. The largest absolute Gasteiger partial charge is 0.324 e. The minimum Gasteiger partial charge on any atom is -0.324 e. The van der Waals surface area contributed by atoms with Gasteiger partial charge in [0.15, 0.2) is 0 Å². The number of hydrogen-bond acceptors (Lipinski definition) is 2. The van der Waals surface area contributed by atoms with Crippen LogP contribution >= 0.6 is 0 Å². The molecule has 4 nitrogen and oxygen atoms in total. The Bertz CT molecular complexity index is 259. The second-order valence-electron chi connectivity index (χ2n) is 4.53. The molecule has 2 aliphatic rings. The van der Waals surface area contributed by atoms with E-state index in [1.54, 1.807) is 4.90 Å². The van der Waals surface area contributed by atoms with E-state index < -0.39 is 0 Å². The van der Waals surface area contributed by atoms with E-state index in [0.29, 0.717) is 13.0 Å². The smallest absolute Gasteiger partial charge is 0.324 e. The zero-order chi connectivity index (χ0) is 10.7. The predicted octanol–water partition coefficient (Wildman–Crippen LogP) is 1.51. The Morgan fingerprint density at radius 2 is 2.00 bits per heavy atom. The van der Waals surface area contributed by atoms with E-state index in [0.717, 1.165) is 18.9 Å². The molecule has 1 heterocycles. The zero-order valence-corrected chi connectivity index (χ0v) is 9.00. The Hall–Kier alpha value is -1.06. The van der Waals surface area contributed by atoms with Crippen molar-refractivity contribution in [3.8, 4) is 0 Å². The Morgan fingerprint density at radius 1 is 1.27 bits per heavy atom. The molecule has 0 atom stereocenters. The van der Waals surface area contributed by atoms with Crippen molar-refractivity contribution >= 4 is 11.9 Å². The molecule has 1 aliphatic carbocycles. The Labute approximate surface area is 90.0 Å². The van der Waals surface area contributed by atoms with Crippen LogP contribution in [0.2, 0.25) is 0 Å². The van der Waals surface area contributed by atoms with E-state index >= 15 is 0 Å². The highest BCUT2D eigenvalue weighted by atomic mass is 16.2. The fourth-order valence-corrected chi connectivity index (χ4v) is 2.45. The van der Waals surface area contributed by atoms with Crippen molar-refractivity contribution < 1.29 is 9.59 Å². The molecule has 0 aromatic heterocycles. The van der Waals surface area contributed by atoms with Crippen LogP contribution in [0.15, 0.2) is 0 Å². The van der Waals surface area contributed by atoms with Crippen molar-refractivity contribution in [3.05, 3.63) is 0 Å². The third-order valence-corrected chi connectivity index (χ3v) is 3.42. The standard InChI is InChI=1S/C11H18N2O2/c14-10-6-8-13(11(15)12-10)7-5-9-3-1-2-4-9/h9H,1-8H2,(H,12,14,15). The summed E-state index contributed by atoms with van der Waals surface area (Å²) in [6, 6.07) is -0.204. The topological polar surface area (TPSA) is 49.4 Å². The van der Waals surface area contributed by atoms with Gasteiger partial charge in [-0.3, -0.25) is 10.1 Å². The molecule has 0 radical (unpaired) electrons. The fraction of sp³-hybridized carbons (Fsp3) is 0.818. The molecule has 2 rings (SSSR count). The lowest BCUT2D eigenvalue weighted by Crippen LogP contribution is -2.49. The van der Waals surface area contributed by atoms with Gasteiger partial charge in [-0.05, 0) is 12.3 Å². The lowest BCUT2D eigenvalue weighted by Gasteiger charge is -2.27. The van der Waals surface area contributed by atoms with E-state index in [1.165, 1.54) is 25.7 Å². The fourth-order valence-electron chi connectivity index (χ4n) is 2.45. The number of imide groups is 1. The first-order valence-corrected chi connectivity index (χ1v) is 5.84. The highest BCUT2D eigenvalue weighted by Gasteiger charge is 2.24. The number of carbonyl (C=O) groups excluding carboxylic acids is 2. The van der Waals surface area contributed by atoms with Crippen molar-refractivity contribution in [2.45, 2.75) is 38.5 Å². The minimum atomic E-state index is -0.204. The number of amides is 3. The van der Waals surface area contributed by atoms with Gasteiger partial charge in [-0.15, -0.1) is 0 Å². The van der Waals surface area contributed by atoms with Crippen LogP contribution in [0.25, 0.3) is 0 Å². The van der Waals surface area contributed by atoms with Crippen LogP contribution in [-0.2, 0) is 4.79 Å². The third kappa shape index (κ3) is 2.70. The van der Waals surface area contributed by atoms with Crippen molar-refractivity contribution in [1.82, 2.24) is 10.2 Å². The van der Waals surface area contributed by atoms with Crippen LogP contribution in [0.3, 0.4) is 0 Å². The number of nitrogens with one attached hydrogen (secondary N) is 1. The zero-order valence-electron chi connectivity index (χ0n) is 9.00. The Balaban J connectivity index is 1.74. The molecule has 1 saturated heterocycles. The molecule has 1 N–H and O–H groups in total. The molecule has 1 saturated carbocycles. The maximum atomic E-state index is 11.4. The van der Waals surface area contributed by atoms with Crippen LogP contribution in [-0.4, -0.2) is 29.9 Å². The van der Waals surface area contributed by atoms with Crippen molar-refractivity contribution in [2.24, 2.45) is 5.92 Å². The normalized spacial score (nSPS) is 23.3. The van der Waals surface area contributed by atoms with E-state index in [1.807, 2.05) is 0 Å². The van der Waals surface area contributed by atoms with Gasteiger partial charge in [-0.25, -0.2) is 4.79 Å². The first-order chi connectivity index (χ1) is 7.25. The highest BCUT2D eigenvalue weighted by molar-refractivity contribution is 5.96. The number of carbonyl (C=O) groups is 2. The second kappa shape index (κ2) is 4.64. The molecule has 0 spiro atoms. The van der Waals surface area contributed by atoms with Crippen molar-refractivity contribution in [1.29, 1.82) is 0 Å². The Kier molecular flexibility index (Phi) is 3.23. The van der Waals surface area contributed by atoms with Gasteiger partial charge in [0.25, 0.3) is 0 Å². The molecule has 0 aromatic carbocycles. The summed E-state index contributed by atoms with van der Waals surface area (Å²) in [7, 11) is 0. The maximum absolute atomic E-state index is 11.4. The summed E-state index contributed by atoms with van der Waals surface area (Å²) in [5.41, 5.74) is 0. The molecule has 4 heteroatoms. The summed E-state index contributed by atoms with van der Waals surface area (Å²) in [4.78, 5) is 24.1. The van der Waals surface area contributed by atoms with E-state index in [-0.39, 0.29) is 11.9 Å². The lowest BCUT2D eigenvalue weighted by molar-refractivity contribution is -0.121. The number of urea groups is 1. The molecular formula is C11H18N2O2. The molecule has 15 heavy (non-hydrogen) atoms. The van der Waals surface area contributed by atoms with Gasteiger partial charge < -0.3 is 4.90 Å². The monoisotopic (exact) mass is 210 g/mol. The molecule has 0 bridgehead atoms. The van der Waals surface area contributed by atoms with Gasteiger partial charge in [0, 0.05) is 19.5 Å². The van der Waals surface area contributed by atoms with Crippen molar-refractivity contribution in [3.63, 3.8) is 0 Å². The van der Waals surface area contributed by atoms with Gasteiger partial charge >= 0.3 is 6.03 Å². The summed E-state index contributed by atoms with van der Waals surface area (Å²) >= 11 is 0. The average Bonchev–Trinajstić information content (AvgIpc) is 2.69. The average molecular weight is 210 g/mol. The second-order valence-corrected chi connectivity index (χ2v) is 4.53. The quantitative estimate of drug-likeness (QED) is 0.767. The van der Waals surface area contributed by atoms with Crippen LogP contribution < -0.4 is 5.32 Å². The van der Waals surface area contributed by atoms with Gasteiger partial charge in [0.05, 0.1) is 0 Å². The van der Waals surface area contributed by atoms with Crippen molar-refractivity contribution in [2.75, 3.05) is 13.1 Å². The molecule has 3 amide bonds. The number of rotatable bonds is 3. The van der Waals surface area contributed by atoms with E-state index in [2.05, 4.69) is 5.32 Å². The molecule has 84 valence electrons. The molecule has 0 unspecified atom stereocenters. The number of hydrogen-bond donors (Lipinski definition) is 1. The first kappa shape index (κ1) is 10.5. The van der Waals surface area contributed by atoms with Crippen LogP contribution in [0.4, 0.5) is 4.79 Å². The summed E-state index contributed by atoms with van der Waals surface area (Å²) in [6.45, 7) is 1.40. The van der Waals surface area contributed by atoms with E-state index in [9.17, 15) is 9.59 Å². The van der Waals surface area contributed by atoms with Gasteiger partial charge in [-0.1, -0.05) is 25.7 Å². The number of nitrogens with zero attached hydrogens (tertiary/aromatic N) is 1. The summed E-state index contributed by atoms with van der Waals surface area (Å²) in [5.74, 6) is 0.660. The summed E-state index contributed by atoms with van der Waals surface area (Å²) in [5, 5.41) is 2.35. The molecular weight excluding hydrogens is 192 g/mol. The SMILES string of the molecule is O=C1CCN(CCC2CCCC2)C(=O)N1. The predicted molar refractivity (Wildman–Crippen MR) is 56.3 cm³/mol. The van der Waals surface area contributed by atoms with Gasteiger partial charge in [-0.2, -0.15) is 0 Å². The molecule has 1 aliphatic heterocycles. The van der Waals surface area contributed by atoms with Gasteiger partial charge in [0.2, 0.25) is 5.91 Å². The lowest BCUT2D eigenvalue weighted by atomic mass is 10.0. The van der Waals surface area contributed by atoms with Gasteiger partial charge in [0.1, 0.15) is 0 Å². The van der Waals surface area contributed by atoms with Crippen LogP contribution in [0.5, 0.6) is 0 Å². The summed E-state index contributed by atoms with van der Waals surface area (Å²) < 4.78 is 0. The maximum Gasteiger partial charge on any atom is 0.324 e. The first-order valence-electron chi connectivity index (χ1n) is 5.84. The van der Waals surface area contributed by atoms with E-state index in [4.69, 9.17) is 0 Å². The van der Waals surface area contributed by atoms with Crippen LogP contribution in [0.1, 0.15) is 38.5 Å². The highest BCUT2D eigenvalue weighted by Crippen LogP contribution is 2.27. The molecule has 0 aromatic rings. The third-order valence-electron chi connectivity index (χ3n) is 3.42.